The second-order valence-electron chi connectivity index (χ2n) is 10.0. The van der Waals surface area contributed by atoms with E-state index < -0.39 is 0 Å². The monoisotopic (exact) mass is 499 g/mol. The molecule has 1 aliphatic rings. The summed E-state index contributed by atoms with van der Waals surface area (Å²) < 4.78 is 11.6. The summed E-state index contributed by atoms with van der Waals surface area (Å²) in [5.74, 6) is 0.484. The molecule has 38 heavy (non-hydrogen) atoms. The summed E-state index contributed by atoms with van der Waals surface area (Å²) in [7, 11) is 1.63. The minimum Gasteiger partial charge on any atom is -0.496 e. The molecule has 0 unspecified atom stereocenters. The average molecular weight is 500 g/mol. The molecule has 0 fully saturated rings. The lowest BCUT2D eigenvalue weighted by Crippen LogP contribution is -2.09. The fourth-order valence-electron chi connectivity index (χ4n) is 5.53. The number of hydrogen-bond donors (Lipinski definition) is 1. The topological polar surface area (TPSA) is 51.5 Å². The van der Waals surface area contributed by atoms with E-state index in [4.69, 9.17) is 9.15 Å². The van der Waals surface area contributed by atoms with Crippen LogP contribution in [0.4, 0.5) is 5.69 Å². The average Bonchev–Trinajstić information content (AvgIpc) is 3.48. The van der Waals surface area contributed by atoms with Crippen LogP contribution in [-0.4, -0.2) is 13.0 Å². The van der Waals surface area contributed by atoms with Gasteiger partial charge in [0.25, 0.3) is 0 Å². The van der Waals surface area contributed by atoms with Crippen LogP contribution in [-0.2, 0) is 11.2 Å². The Morgan fingerprint density at radius 2 is 1.68 bits per heavy atom. The van der Waals surface area contributed by atoms with Crippen molar-refractivity contribution >= 4 is 28.1 Å². The number of furan rings is 1. The van der Waals surface area contributed by atoms with Gasteiger partial charge in [-0.3, -0.25) is 4.79 Å². The van der Waals surface area contributed by atoms with E-state index >= 15 is 0 Å². The molecule has 0 spiro atoms. The Bertz CT molecular complexity index is 1760. The maximum absolute atomic E-state index is 13.0. The van der Waals surface area contributed by atoms with Gasteiger partial charge in [0.2, 0.25) is 5.91 Å². The van der Waals surface area contributed by atoms with E-state index in [-0.39, 0.29) is 5.91 Å². The molecule has 4 aromatic carbocycles. The second-order valence-corrected chi connectivity index (χ2v) is 10.0. The molecular formula is C34H29NO3. The standard InChI is InChI=1S/C34H29NO3/c1-20-9-11-26(21(2)13-20)31-19-38-33-18-32(37-4)29(17-30(31)33)22(3)14-34(36)35-25-10-12-28-24(16-25)15-23-7-5-6-8-27(23)28/h5-14,16-19H,15H2,1-4H3,(H,35,36)/b22-14+. The first-order valence-corrected chi connectivity index (χ1v) is 12.8. The lowest BCUT2D eigenvalue weighted by atomic mass is 9.96. The molecular weight excluding hydrogens is 470 g/mol. The number of fused-ring (bicyclic) bond motifs is 4. The molecule has 0 radical (unpaired) electrons. The number of amides is 1. The number of carbonyl (C=O) groups is 1. The zero-order valence-electron chi connectivity index (χ0n) is 22.0. The fourth-order valence-corrected chi connectivity index (χ4v) is 5.53. The van der Waals surface area contributed by atoms with Gasteiger partial charge < -0.3 is 14.5 Å². The summed E-state index contributed by atoms with van der Waals surface area (Å²) in [6.45, 7) is 6.13. The normalized spacial score (nSPS) is 12.4. The highest BCUT2D eigenvalue weighted by Gasteiger charge is 2.19. The summed E-state index contributed by atoms with van der Waals surface area (Å²) >= 11 is 0. The minimum atomic E-state index is -0.179. The lowest BCUT2D eigenvalue weighted by Gasteiger charge is -2.11. The van der Waals surface area contributed by atoms with E-state index in [1.807, 2.05) is 19.1 Å². The van der Waals surface area contributed by atoms with Crippen molar-refractivity contribution in [2.24, 2.45) is 0 Å². The molecule has 0 saturated heterocycles. The van der Waals surface area contributed by atoms with Crippen LogP contribution in [0.5, 0.6) is 5.75 Å². The van der Waals surface area contributed by atoms with Gasteiger partial charge in [0.05, 0.1) is 13.4 Å². The van der Waals surface area contributed by atoms with E-state index in [1.54, 1.807) is 19.4 Å². The van der Waals surface area contributed by atoms with Crippen molar-refractivity contribution in [2.45, 2.75) is 27.2 Å². The Kier molecular flexibility index (Phi) is 5.88. The molecule has 5 aromatic rings. The van der Waals surface area contributed by atoms with Crippen molar-refractivity contribution in [1.82, 2.24) is 0 Å². The van der Waals surface area contributed by atoms with Gasteiger partial charge in [0, 0.05) is 34.3 Å². The summed E-state index contributed by atoms with van der Waals surface area (Å²) in [5.41, 5.74) is 12.8. The maximum atomic E-state index is 13.0. The van der Waals surface area contributed by atoms with Crippen LogP contribution < -0.4 is 10.1 Å². The summed E-state index contributed by atoms with van der Waals surface area (Å²) in [6.07, 6.45) is 4.31. The number of methoxy groups -OCH3 is 1. The number of hydrogen-bond acceptors (Lipinski definition) is 3. The molecule has 0 atom stereocenters. The SMILES string of the molecule is COc1cc2occ(-c3ccc(C)cc3C)c2cc1/C(C)=C/C(=O)Nc1ccc2c(c1)Cc1ccccc1-2. The van der Waals surface area contributed by atoms with Crippen molar-refractivity contribution in [3.8, 4) is 28.0 Å². The third kappa shape index (κ3) is 4.18. The zero-order chi connectivity index (χ0) is 26.4. The fraction of sp³-hybridized carbons (Fsp3) is 0.147. The highest BCUT2D eigenvalue weighted by Crippen LogP contribution is 2.39. The minimum absolute atomic E-state index is 0.179. The highest BCUT2D eigenvalue weighted by molar-refractivity contribution is 6.05. The van der Waals surface area contributed by atoms with Gasteiger partial charge >= 0.3 is 0 Å². The Hall–Kier alpha value is -4.57. The van der Waals surface area contributed by atoms with Crippen LogP contribution in [0.3, 0.4) is 0 Å². The quantitative estimate of drug-likeness (QED) is 0.243. The molecule has 6 rings (SSSR count). The third-order valence-electron chi connectivity index (χ3n) is 7.40. The number of allylic oxidation sites excluding steroid dienone is 1. The Balaban J connectivity index is 1.30. The summed E-state index contributed by atoms with van der Waals surface area (Å²) in [6, 6.07) is 25.0. The van der Waals surface area contributed by atoms with Crippen molar-refractivity contribution in [1.29, 1.82) is 0 Å². The van der Waals surface area contributed by atoms with Gasteiger partial charge in [-0.15, -0.1) is 0 Å². The van der Waals surface area contributed by atoms with Crippen LogP contribution in [0.2, 0.25) is 0 Å². The maximum Gasteiger partial charge on any atom is 0.248 e. The first kappa shape index (κ1) is 23.8. The van der Waals surface area contributed by atoms with Crippen molar-refractivity contribution in [3.63, 3.8) is 0 Å². The number of carbonyl (C=O) groups excluding carboxylic acids is 1. The van der Waals surface area contributed by atoms with Crippen molar-refractivity contribution in [2.75, 3.05) is 12.4 Å². The first-order chi connectivity index (χ1) is 18.4. The van der Waals surface area contributed by atoms with E-state index in [9.17, 15) is 4.79 Å². The Morgan fingerprint density at radius 3 is 2.50 bits per heavy atom. The first-order valence-electron chi connectivity index (χ1n) is 12.8. The van der Waals surface area contributed by atoms with Gasteiger partial charge in [0.15, 0.2) is 0 Å². The smallest absolute Gasteiger partial charge is 0.248 e. The van der Waals surface area contributed by atoms with Crippen LogP contribution in [0.15, 0.2) is 89.6 Å². The molecule has 188 valence electrons. The number of aryl methyl sites for hydroxylation is 2. The lowest BCUT2D eigenvalue weighted by molar-refractivity contribution is -0.111. The van der Waals surface area contributed by atoms with E-state index in [2.05, 4.69) is 79.8 Å². The van der Waals surface area contributed by atoms with Crippen molar-refractivity contribution < 1.29 is 13.9 Å². The molecule has 0 aliphatic heterocycles. The van der Waals surface area contributed by atoms with Gasteiger partial charge in [-0.1, -0.05) is 54.1 Å². The largest absolute Gasteiger partial charge is 0.496 e. The van der Waals surface area contributed by atoms with Crippen LogP contribution >= 0.6 is 0 Å². The van der Waals surface area contributed by atoms with Crippen LogP contribution in [0, 0.1) is 13.8 Å². The van der Waals surface area contributed by atoms with Gasteiger partial charge in [0.1, 0.15) is 11.3 Å². The van der Waals surface area contributed by atoms with Crippen molar-refractivity contribution in [3.05, 3.63) is 113 Å². The predicted octanol–water partition coefficient (Wildman–Crippen LogP) is 8.34. The molecule has 1 heterocycles. The number of rotatable bonds is 5. The third-order valence-corrected chi connectivity index (χ3v) is 7.40. The van der Waals surface area contributed by atoms with Crippen LogP contribution in [0.1, 0.15) is 34.7 Å². The van der Waals surface area contributed by atoms with Crippen LogP contribution in [0.25, 0.3) is 38.8 Å². The van der Waals surface area contributed by atoms with Gasteiger partial charge in [-0.25, -0.2) is 0 Å². The van der Waals surface area contributed by atoms with E-state index in [0.717, 1.165) is 45.3 Å². The van der Waals surface area contributed by atoms with Gasteiger partial charge in [-0.05, 0) is 84.3 Å². The van der Waals surface area contributed by atoms with E-state index in [1.165, 1.54) is 33.4 Å². The van der Waals surface area contributed by atoms with E-state index in [0.29, 0.717) is 5.75 Å². The molecule has 1 aliphatic carbocycles. The number of anilines is 1. The number of benzene rings is 4. The number of nitrogens with one attached hydrogen (secondary N) is 1. The molecule has 1 aromatic heterocycles. The zero-order valence-corrected chi connectivity index (χ0v) is 22.0. The second kappa shape index (κ2) is 9.38. The summed E-state index contributed by atoms with van der Waals surface area (Å²) in [4.78, 5) is 13.0. The number of ether oxygens (including phenoxy) is 1. The Morgan fingerprint density at radius 1 is 0.895 bits per heavy atom. The molecule has 0 bridgehead atoms. The molecule has 4 nitrogen and oxygen atoms in total. The van der Waals surface area contributed by atoms with Gasteiger partial charge in [-0.2, -0.15) is 0 Å². The Labute approximate surface area is 222 Å². The molecule has 1 N–H and O–H groups in total. The molecule has 0 saturated carbocycles. The summed E-state index contributed by atoms with van der Waals surface area (Å²) in [5, 5.41) is 4.03. The molecule has 4 heteroatoms. The highest BCUT2D eigenvalue weighted by atomic mass is 16.5. The predicted molar refractivity (Wildman–Crippen MR) is 155 cm³/mol. The molecule has 1 amide bonds.